The number of likely N-dealkylation sites (N-methyl/N-ethyl adjacent to an activating group) is 1. The summed E-state index contributed by atoms with van der Waals surface area (Å²) in [6.45, 7) is 3.27. The van der Waals surface area contributed by atoms with Crippen molar-refractivity contribution in [3.8, 4) is 0 Å². The molecule has 3 rings (SSSR count). The first-order valence-corrected chi connectivity index (χ1v) is 7.40. The van der Waals surface area contributed by atoms with E-state index in [4.69, 9.17) is 0 Å². The molecule has 0 aliphatic carbocycles. The highest BCUT2D eigenvalue weighted by Gasteiger charge is 2.53. The molecule has 2 aliphatic rings. The van der Waals surface area contributed by atoms with Gasteiger partial charge < -0.3 is 10.0 Å². The van der Waals surface area contributed by atoms with Gasteiger partial charge in [-0.1, -0.05) is 6.92 Å². The third-order valence-electron chi connectivity index (χ3n) is 4.65. The van der Waals surface area contributed by atoms with Crippen molar-refractivity contribution >= 4 is 17.3 Å². The van der Waals surface area contributed by atoms with Gasteiger partial charge in [-0.2, -0.15) is 0 Å². The zero-order valence-electron chi connectivity index (χ0n) is 12.7. The Bertz CT molecular complexity index is 648. The van der Waals surface area contributed by atoms with Crippen molar-refractivity contribution in [1.82, 2.24) is 4.90 Å². The first kappa shape index (κ1) is 14.9. The highest BCUT2D eigenvalue weighted by atomic mass is 16.6. The van der Waals surface area contributed by atoms with Crippen LogP contribution in [0.2, 0.25) is 0 Å². The fourth-order valence-corrected chi connectivity index (χ4v) is 3.46. The van der Waals surface area contributed by atoms with Gasteiger partial charge in [0, 0.05) is 37.8 Å². The Morgan fingerprint density at radius 1 is 1.45 bits per heavy atom. The summed E-state index contributed by atoms with van der Waals surface area (Å²) in [6.07, 6.45) is 1.95. The molecule has 0 saturated carbocycles. The van der Waals surface area contributed by atoms with Gasteiger partial charge in [-0.25, -0.2) is 0 Å². The number of hydrogen-bond acceptors (Lipinski definition) is 5. The number of fused-ring (bicyclic) bond motifs is 1. The molecule has 0 bridgehead atoms. The number of aliphatic hydroxyl groups is 1. The number of nitro benzene ring substituents is 1. The molecule has 2 aliphatic heterocycles. The number of likely N-dealkylation sites (tertiary alicyclic amines) is 1. The molecule has 7 nitrogen and oxygen atoms in total. The van der Waals surface area contributed by atoms with Gasteiger partial charge in [-0.05, 0) is 24.8 Å². The first-order chi connectivity index (χ1) is 10.4. The molecule has 7 heteroatoms. The van der Waals surface area contributed by atoms with Crippen molar-refractivity contribution in [2.75, 3.05) is 25.0 Å². The van der Waals surface area contributed by atoms with Crippen molar-refractivity contribution in [3.63, 3.8) is 0 Å². The molecular weight excluding hydrogens is 286 g/mol. The van der Waals surface area contributed by atoms with Crippen LogP contribution in [-0.2, 0) is 10.5 Å². The molecule has 1 aromatic carbocycles. The zero-order chi connectivity index (χ0) is 16.1. The van der Waals surface area contributed by atoms with Crippen LogP contribution in [0.5, 0.6) is 0 Å². The van der Waals surface area contributed by atoms with E-state index in [1.807, 2.05) is 0 Å². The van der Waals surface area contributed by atoms with E-state index >= 15 is 0 Å². The molecule has 22 heavy (non-hydrogen) atoms. The summed E-state index contributed by atoms with van der Waals surface area (Å²) < 4.78 is 0. The van der Waals surface area contributed by atoms with E-state index < -0.39 is 16.6 Å². The average molecular weight is 305 g/mol. The minimum Gasteiger partial charge on any atom is -0.364 e. The molecule has 118 valence electrons. The number of amides is 1. The van der Waals surface area contributed by atoms with E-state index in [0.29, 0.717) is 30.3 Å². The van der Waals surface area contributed by atoms with E-state index in [1.54, 1.807) is 11.9 Å². The predicted octanol–water partition coefficient (Wildman–Crippen LogP) is 1.45. The minimum atomic E-state index is -1.80. The number of nitrogens with zero attached hydrogens (tertiary/aromatic N) is 3. The van der Waals surface area contributed by atoms with Crippen LogP contribution in [0.25, 0.3) is 0 Å². The molecule has 2 heterocycles. The highest BCUT2D eigenvalue weighted by Crippen LogP contribution is 2.44. The summed E-state index contributed by atoms with van der Waals surface area (Å²) in [4.78, 5) is 26.3. The maximum Gasteiger partial charge on any atom is 0.279 e. The number of anilines is 1. The maximum atomic E-state index is 12.6. The Kier molecular flexibility index (Phi) is 3.41. The lowest BCUT2D eigenvalue weighted by Gasteiger charge is -2.40. The SMILES string of the molecule is C[C@@H]1CCCN([C@]2(O)C(=O)N(C)c3ccc([N+](=O)[O-])cc32)C1. The maximum absolute atomic E-state index is 12.6. The van der Waals surface area contributed by atoms with Crippen molar-refractivity contribution in [2.45, 2.75) is 25.5 Å². The van der Waals surface area contributed by atoms with Gasteiger partial charge in [0.1, 0.15) is 0 Å². The first-order valence-electron chi connectivity index (χ1n) is 7.40. The Morgan fingerprint density at radius 2 is 2.18 bits per heavy atom. The molecule has 1 N–H and O–H groups in total. The predicted molar refractivity (Wildman–Crippen MR) is 80.4 cm³/mol. The number of carbonyl (C=O) groups is 1. The number of benzene rings is 1. The molecular formula is C15H19N3O4. The Balaban J connectivity index is 2.10. The van der Waals surface area contributed by atoms with Crippen LogP contribution in [0.3, 0.4) is 0 Å². The number of non-ortho nitro benzene ring substituents is 1. The normalized spacial score (nSPS) is 28.8. The summed E-state index contributed by atoms with van der Waals surface area (Å²) >= 11 is 0. The number of nitro groups is 1. The summed E-state index contributed by atoms with van der Waals surface area (Å²) in [5, 5.41) is 22.2. The van der Waals surface area contributed by atoms with Crippen LogP contribution in [0, 0.1) is 16.0 Å². The van der Waals surface area contributed by atoms with E-state index in [0.717, 1.165) is 12.8 Å². The van der Waals surface area contributed by atoms with Crippen LogP contribution in [0.1, 0.15) is 25.3 Å². The van der Waals surface area contributed by atoms with Crippen LogP contribution < -0.4 is 4.90 Å². The van der Waals surface area contributed by atoms with Gasteiger partial charge in [-0.15, -0.1) is 0 Å². The van der Waals surface area contributed by atoms with E-state index in [-0.39, 0.29) is 5.69 Å². The molecule has 1 saturated heterocycles. The fourth-order valence-electron chi connectivity index (χ4n) is 3.46. The summed E-state index contributed by atoms with van der Waals surface area (Å²) in [7, 11) is 1.58. The Hall–Kier alpha value is -1.99. The van der Waals surface area contributed by atoms with Crippen molar-refractivity contribution in [3.05, 3.63) is 33.9 Å². The summed E-state index contributed by atoms with van der Waals surface area (Å²) in [5.74, 6) is -0.0734. The Morgan fingerprint density at radius 3 is 2.82 bits per heavy atom. The van der Waals surface area contributed by atoms with E-state index in [9.17, 15) is 20.0 Å². The van der Waals surface area contributed by atoms with Crippen molar-refractivity contribution in [1.29, 1.82) is 0 Å². The molecule has 0 unspecified atom stereocenters. The van der Waals surface area contributed by atoms with E-state index in [2.05, 4.69) is 6.92 Å². The smallest absolute Gasteiger partial charge is 0.279 e. The average Bonchev–Trinajstić information content (AvgIpc) is 2.70. The van der Waals surface area contributed by atoms with Crippen LogP contribution >= 0.6 is 0 Å². The molecule has 1 aromatic rings. The molecule has 1 fully saturated rings. The summed E-state index contributed by atoms with van der Waals surface area (Å²) in [6, 6.07) is 4.19. The molecule has 0 aromatic heterocycles. The lowest BCUT2D eigenvalue weighted by Crippen LogP contribution is -2.55. The fraction of sp³-hybridized carbons (Fsp3) is 0.533. The minimum absolute atomic E-state index is 0.120. The summed E-state index contributed by atoms with van der Waals surface area (Å²) in [5.41, 5.74) is -1.09. The van der Waals surface area contributed by atoms with Gasteiger partial charge in [0.15, 0.2) is 0 Å². The number of piperidine rings is 1. The zero-order valence-corrected chi connectivity index (χ0v) is 12.7. The number of hydrogen-bond donors (Lipinski definition) is 1. The second-order valence-corrected chi connectivity index (χ2v) is 6.19. The molecule has 1 amide bonds. The lowest BCUT2D eigenvalue weighted by molar-refractivity contribution is -0.385. The lowest BCUT2D eigenvalue weighted by atomic mass is 9.94. The molecule has 0 spiro atoms. The molecule has 0 radical (unpaired) electrons. The third kappa shape index (κ3) is 2.00. The third-order valence-corrected chi connectivity index (χ3v) is 4.65. The second-order valence-electron chi connectivity index (χ2n) is 6.19. The number of carbonyl (C=O) groups excluding carboxylic acids is 1. The topological polar surface area (TPSA) is 86.9 Å². The monoisotopic (exact) mass is 305 g/mol. The van der Waals surface area contributed by atoms with Gasteiger partial charge in [0.25, 0.3) is 11.6 Å². The van der Waals surface area contributed by atoms with Gasteiger partial charge in [0.2, 0.25) is 5.72 Å². The second kappa shape index (κ2) is 5.03. The molecule has 2 atom stereocenters. The number of rotatable bonds is 2. The van der Waals surface area contributed by atoms with Gasteiger partial charge in [0.05, 0.1) is 10.6 Å². The van der Waals surface area contributed by atoms with Crippen molar-refractivity contribution in [2.24, 2.45) is 5.92 Å². The van der Waals surface area contributed by atoms with Crippen molar-refractivity contribution < 1.29 is 14.8 Å². The van der Waals surface area contributed by atoms with Crippen LogP contribution in [-0.4, -0.2) is 41.0 Å². The standard InChI is InChI=1S/C15H19N3O4/c1-10-4-3-7-17(9-10)15(20)12-8-11(18(21)22)5-6-13(12)16(2)14(15)19/h5-6,8,10,20H,3-4,7,9H2,1-2H3/t10-,15-/m1/s1. The quantitative estimate of drug-likeness (QED) is 0.660. The Labute approximate surface area is 128 Å². The van der Waals surface area contributed by atoms with Crippen LogP contribution in [0.15, 0.2) is 18.2 Å². The van der Waals surface area contributed by atoms with E-state index in [1.165, 1.54) is 23.1 Å². The largest absolute Gasteiger partial charge is 0.364 e. The van der Waals surface area contributed by atoms with Gasteiger partial charge in [-0.3, -0.25) is 19.8 Å². The van der Waals surface area contributed by atoms with Crippen LogP contribution in [0.4, 0.5) is 11.4 Å². The highest BCUT2D eigenvalue weighted by molar-refractivity contribution is 6.06. The van der Waals surface area contributed by atoms with Gasteiger partial charge >= 0.3 is 0 Å².